The Kier molecular flexibility index (Phi) is 4.13. The monoisotopic (exact) mass is 233 g/mol. The second kappa shape index (κ2) is 5.61. The Labute approximate surface area is 104 Å². The molecule has 17 heavy (non-hydrogen) atoms. The molecule has 3 unspecified atom stereocenters. The van der Waals surface area contributed by atoms with Gasteiger partial charge in [0.05, 0.1) is 11.7 Å². The lowest BCUT2D eigenvalue weighted by Gasteiger charge is -2.40. The first-order chi connectivity index (χ1) is 8.18. The van der Waals surface area contributed by atoms with E-state index in [9.17, 15) is 0 Å². The summed E-state index contributed by atoms with van der Waals surface area (Å²) in [7, 11) is 0. The minimum Gasteiger partial charge on any atom is -0.260 e. The van der Waals surface area contributed by atoms with E-state index in [0.29, 0.717) is 12.1 Å². The van der Waals surface area contributed by atoms with Crippen molar-refractivity contribution in [3.8, 4) is 0 Å². The average molecular weight is 233 g/mol. The van der Waals surface area contributed by atoms with Gasteiger partial charge in [0.2, 0.25) is 0 Å². The van der Waals surface area contributed by atoms with E-state index in [1.165, 1.54) is 19.3 Å². The number of hydrogen-bond donors (Lipinski definition) is 1. The Bertz CT molecular complexity index is 329. The zero-order chi connectivity index (χ0) is 12.3. The van der Waals surface area contributed by atoms with Gasteiger partial charge in [0, 0.05) is 18.3 Å². The normalized spacial score (nSPS) is 27.9. The van der Waals surface area contributed by atoms with Gasteiger partial charge in [0.1, 0.15) is 0 Å². The summed E-state index contributed by atoms with van der Waals surface area (Å²) in [6, 6.07) is 7.59. The van der Waals surface area contributed by atoms with E-state index in [-0.39, 0.29) is 6.04 Å². The number of nitrogens with one attached hydrogen (secondary N) is 1. The molecule has 1 saturated heterocycles. The van der Waals surface area contributed by atoms with E-state index in [2.05, 4.69) is 42.3 Å². The van der Waals surface area contributed by atoms with Crippen LogP contribution in [-0.4, -0.2) is 22.1 Å². The molecule has 0 amide bonds. The van der Waals surface area contributed by atoms with Gasteiger partial charge in [0.15, 0.2) is 0 Å². The molecule has 1 aliphatic rings. The average Bonchev–Trinajstić information content (AvgIpc) is 2.35. The summed E-state index contributed by atoms with van der Waals surface area (Å²) in [6.07, 6.45) is 5.77. The fourth-order valence-corrected chi connectivity index (χ4v) is 2.60. The zero-order valence-electron chi connectivity index (χ0n) is 11.1. The third-order valence-electron chi connectivity index (χ3n) is 3.67. The predicted molar refractivity (Wildman–Crippen MR) is 70.4 cm³/mol. The number of pyridine rings is 1. The molecule has 3 nitrogen and oxygen atoms in total. The van der Waals surface area contributed by atoms with Crippen LogP contribution in [0.25, 0.3) is 0 Å². The third kappa shape index (κ3) is 3.05. The molecule has 0 saturated carbocycles. The number of piperidine rings is 1. The van der Waals surface area contributed by atoms with Gasteiger partial charge < -0.3 is 0 Å². The fraction of sp³-hybridized carbons (Fsp3) is 0.643. The van der Waals surface area contributed by atoms with Crippen LogP contribution in [0.5, 0.6) is 0 Å². The first-order valence-corrected chi connectivity index (χ1v) is 6.64. The van der Waals surface area contributed by atoms with Gasteiger partial charge in [-0.25, -0.2) is 10.4 Å². The number of rotatable bonds is 3. The first kappa shape index (κ1) is 12.5. The molecule has 94 valence electrons. The van der Waals surface area contributed by atoms with Crippen molar-refractivity contribution in [1.29, 1.82) is 0 Å². The SMILES string of the molecule is CC(NN1C(C)CCCC1C)c1ccccn1. The van der Waals surface area contributed by atoms with Gasteiger partial charge in [-0.1, -0.05) is 12.5 Å². The number of nitrogens with zero attached hydrogens (tertiary/aromatic N) is 2. The summed E-state index contributed by atoms with van der Waals surface area (Å²) in [5, 5.41) is 2.41. The van der Waals surface area contributed by atoms with Crippen molar-refractivity contribution in [2.24, 2.45) is 0 Å². The van der Waals surface area contributed by atoms with Crippen molar-refractivity contribution in [2.75, 3.05) is 0 Å². The van der Waals surface area contributed by atoms with E-state index >= 15 is 0 Å². The third-order valence-corrected chi connectivity index (χ3v) is 3.67. The Balaban J connectivity index is 2.00. The summed E-state index contributed by atoms with van der Waals surface area (Å²) >= 11 is 0. The highest BCUT2D eigenvalue weighted by molar-refractivity contribution is 5.07. The lowest BCUT2D eigenvalue weighted by molar-refractivity contribution is 0.0314. The Hall–Kier alpha value is -0.930. The summed E-state index contributed by atoms with van der Waals surface area (Å²) in [5.41, 5.74) is 4.71. The van der Waals surface area contributed by atoms with Crippen LogP contribution >= 0.6 is 0 Å². The summed E-state index contributed by atoms with van der Waals surface area (Å²) < 4.78 is 0. The number of hydrazine groups is 1. The quantitative estimate of drug-likeness (QED) is 0.870. The van der Waals surface area contributed by atoms with Crippen LogP contribution in [0.15, 0.2) is 24.4 Å². The summed E-state index contributed by atoms with van der Waals surface area (Å²) in [5.74, 6) is 0. The maximum Gasteiger partial charge on any atom is 0.0609 e. The standard InChI is InChI=1S/C14H23N3/c1-11-7-6-8-12(2)17(11)16-13(3)14-9-4-5-10-15-14/h4-5,9-13,16H,6-8H2,1-3H3. The highest BCUT2D eigenvalue weighted by atomic mass is 15.5. The Morgan fingerprint density at radius 1 is 1.29 bits per heavy atom. The topological polar surface area (TPSA) is 28.2 Å². The van der Waals surface area contributed by atoms with Crippen molar-refractivity contribution in [2.45, 2.75) is 58.2 Å². The van der Waals surface area contributed by atoms with Crippen molar-refractivity contribution in [3.05, 3.63) is 30.1 Å². The second-order valence-corrected chi connectivity index (χ2v) is 5.14. The highest BCUT2D eigenvalue weighted by Gasteiger charge is 2.26. The van der Waals surface area contributed by atoms with E-state index in [4.69, 9.17) is 0 Å². The summed E-state index contributed by atoms with van der Waals surface area (Å²) in [6.45, 7) is 6.78. The number of aromatic nitrogens is 1. The van der Waals surface area contributed by atoms with E-state index in [1.807, 2.05) is 18.3 Å². The predicted octanol–water partition coefficient (Wildman–Crippen LogP) is 2.91. The van der Waals surface area contributed by atoms with Crippen LogP contribution in [0.4, 0.5) is 0 Å². The first-order valence-electron chi connectivity index (χ1n) is 6.64. The lowest BCUT2D eigenvalue weighted by atomic mass is 9.99. The molecule has 0 aromatic carbocycles. The smallest absolute Gasteiger partial charge is 0.0609 e. The van der Waals surface area contributed by atoms with Gasteiger partial charge in [-0.3, -0.25) is 4.98 Å². The van der Waals surface area contributed by atoms with Crippen LogP contribution in [0.1, 0.15) is 51.8 Å². The van der Waals surface area contributed by atoms with Gasteiger partial charge >= 0.3 is 0 Å². The number of hydrogen-bond acceptors (Lipinski definition) is 3. The lowest BCUT2D eigenvalue weighted by Crippen LogP contribution is -2.52. The minimum atomic E-state index is 0.277. The van der Waals surface area contributed by atoms with Crippen LogP contribution < -0.4 is 5.43 Å². The van der Waals surface area contributed by atoms with Gasteiger partial charge in [0.25, 0.3) is 0 Å². The maximum absolute atomic E-state index is 4.41. The molecule has 3 heteroatoms. The Morgan fingerprint density at radius 2 is 2.00 bits per heavy atom. The molecule has 1 aromatic heterocycles. The second-order valence-electron chi connectivity index (χ2n) is 5.14. The van der Waals surface area contributed by atoms with Gasteiger partial charge in [-0.05, 0) is 45.7 Å². The molecule has 1 aliphatic heterocycles. The molecule has 1 N–H and O–H groups in total. The largest absolute Gasteiger partial charge is 0.260 e. The molecular weight excluding hydrogens is 210 g/mol. The fourth-order valence-electron chi connectivity index (χ4n) is 2.60. The van der Waals surface area contributed by atoms with Crippen LogP contribution in [0.3, 0.4) is 0 Å². The van der Waals surface area contributed by atoms with Crippen molar-refractivity contribution in [1.82, 2.24) is 15.4 Å². The minimum absolute atomic E-state index is 0.277. The van der Waals surface area contributed by atoms with E-state index < -0.39 is 0 Å². The molecule has 3 atom stereocenters. The van der Waals surface area contributed by atoms with Gasteiger partial charge in [-0.15, -0.1) is 0 Å². The molecule has 0 radical (unpaired) electrons. The molecular formula is C14H23N3. The zero-order valence-corrected chi connectivity index (χ0v) is 11.1. The maximum atomic E-state index is 4.41. The molecule has 0 bridgehead atoms. The summed E-state index contributed by atoms with van der Waals surface area (Å²) in [4.78, 5) is 4.41. The van der Waals surface area contributed by atoms with Crippen LogP contribution in [0.2, 0.25) is 0 Å². The molecule has 1 fully saturated rings. The molecule has 2 heterocycles. The molecule has 0 spiro atoms. The molecule has 1 aromatic rings. The molecule has 2 rings (SSSR count). The highest BCUT2D eigenvalue weighted by Crippen LogP contribution is 2.22. The molecule has 0 aliphatic carbocycles. The van der Waals surface area contributed by atoms with Gasteiger partial charge in [-0.2, -0.15) is 0 Å². The van der Waals surface area contributed by atoms with Crippen LogP contribution in [0, 0.1) is 0 Å². The van der Waals surface area contributed by atoms with Crippen molar-refractivity contribution >= 4 is 0 Å². The van der Waals surface area contributed by atoms with E-state index in [1.54, 1.807) is 0 Å². The van der Waals surface area contributed by atoms with Crippen molar-refractivity contribution < 1.29 is 0 Å². The van der Waals surface area contributed by atoms with E-state index in [0.717, 1.165) is 5.69 Å². The Morgan fingerprint density at radius 3 is 2.59 bits per heavy atom. The van der Waals surface area contributed by atoms with Crippen LogP contribution in [-0.2, 0) is 0 Å². The van der Waals surface area contributed by atoms with Crippen molar-refractivity contribution in [3.63, 3.8) is 0 Å².